The summed E-state index contributed by atoms with van der Waals surface area (Å²) in [5.41, 5.74) is 7.86. The zero-order chi connectivity index (χ0) is 11.4. The van der Waals surface area contributed by atoms with Gasteiger partial charge >= 0.3 is 5.97 Å². The van der Waals surface area contributed by atoms with Crippen molar-refractivity contribution in [2.75, 3.05) is 12.8 Å². The molecule has 0 atom stereocenters. The number of nitrogen functional groups attached to an aromatic ring is 1. The largest absolute Gasteiger partial charge is 0.466 e. The van der Waals surface area contributed by atoms with E-state index in [0.29, 0.717) is 10.7 Å². The molecule has 3 nitrogen and oxygen atoms in total. The molecule has 0 aromatic heterocycles. The lowest BCUT2D eigenvalue weighted by Gasteiger charge is -2.05. The quantitative estimate of drug-likeness (QED) is 0.478. The molecule has 0 aliphatic rings. The third kappa shape index (κ3) is 2.73. The fourth-order valence-corrected chi connectivity index (χ4v) is 1.31. The van der Waals surface area contributed by atoms with Crippen LogP contribution in [0.1, 0.15) is 11.1 Å². The Kier molecular flexibility index (Phi) is 3.74. The number of methoxy groups -OCH3 is 1. The number of hydrogen-bond acceptors (Lipinski definition) is 3. The second-order valence-corrected chi connectivity index (χ2v) is 3.42. The summed E-state index contributed by atoms with van der Waals surface area (Å²) in [4.78, 5) is 10.9. The van der Waals surface area contributed by atoms with Crippen LogP contribution in [-0.2, 0) is 9.53 Å². The number of ether oxygens (including phenoxy) is 1. The molecule has 0 aliphatic carbocycles. The first-order valence-corrected chi connectivity index (χ1v) is 4.74. The highest BCUT2D eigenvalue weighted by Gasteiger charge is 2.03. The Morgan fingerprint density at radius 3 is 2.80 bits per heavy atom. The lowest BCUT2D eigenvalue weighted by atomic mass is 10.1. The van der Waals surface area contributed by atoms with Gasteiger partial charge in [0.2, 0.25) is 0 Å². The second-order valence-electron chi connectivity index (χ2n) is 3.04. The Labute approximate surface area is 93.5 Å². The molecule has 0 fully saturated rings. The van der Waals surface area contributed by atoms with Crippen molar-refractivity contribution in [3.63, 3.8) is 0 Å². The Morgan fingerprint density at radius 2 is 2.20 bits per heavy atom. The molecule has 4 heteroatoms. The average molecular weight is 226 g/mol. The van der Waals surface area contributed by atoms with Crippen LogP contribution in [-0.4, -0.2) is 13.1 Å². The van der Waals surface area contributed by atoms with Crippen LogP contribution >= 0.6 is 11.6 Å². The molecule has 0 spiro atoms. The number of hydrogen-bond donors (Lipinski definition) is 1. The van der Waals surface area contributed by atoms with Crippen molar-refractivity contribution in [3.8, 4) is 0 Å². The second kappa shape index (κ2) is 4.84. The molecular formula is C11H12ClNO2. The van der Waals surface area contributed by atoms with E-state index in [9.17, 15) is 4.79 Å². The maximum absolute atomic E-state index is 10.9. The summed E-state index contributed by atoms with van der Waals surface area (Å²) < 4.78 is 4.47. The van der Waals surface area contributed by atoms with Crippen molar-refractivity contribution in [1.29, 1.82) is 0 Å². The first-order valence-electron chi connectivity index (χ1n) is 4.37. The highest BCUT2D eigenvalue weighted by atomic mass is 35.5. The van der Waals surface area contributed by atoms with Crippen molar-refractivity contribution in [2.24, 2.45) is 0 Å². The number of halogens is 1. The Bertz CT molecular complexity index is 413. The maximum atomic E-state index is 10.9. The summed E-state index contributed by atoms with van der Waals surface area (Å²) in [5, 5.41) is 0.551. The molecule has 0 unspecified atom stereocenters. The Hall–Kier alpha value is -1.48. The molecule has 0 saturated heterocycles. The van der Waals surface area contributed by atoms with Crippen molar-refractivity contribution in [1.82, 2.24) is 0 Å². The standard InChI is InChI=1S/C11H12ClNO2/c1-7-9(13)5-3-8(11(7)12)4-6-10(14)15-2/h3-6H,13H2,1-2H3. The summed E-state index contributed by atoms with van der Waals surface area (Å²) in [5.74, 6) is -0.416. The van der Waals surface area contributed by atoms with Gasteiger partial charge in [0.1, 0.15) is 0 Å². The monoisotopic (exact) mass is 225 g/mol. The molecule has 80 valence electrons. The minimum atomic E-state index is -0.416. The van der Waals surface area contributed by atoms with Gasteiger partial charge in [0.25, 0.3) is 0 Å². The van der Waals surface area contributed by atoms with Crippen LogP contribution in [0.25, 0.3) is 6.08 Å². The molecule has 1 rings (SSSR count). The van der Waals surface area contributed by atoms with E-state index >= 15 is 0 Å². The van der Waals surface area contributed by atoms with Crippen LogP contribution in [0.5, 0.6) is 0 Å². The molecule has 0 heterocycles. The molecule has 0 aliphatic heterocycles. The molecule has 0 saturated carbocycles. The number of carbonyl (C=O) groups excluding carboxylic acids is 1. The number of carbonyl (C=O) groups is 1. The van der Waals surface area contributed by atoms with E-state index in [2.05, 4.69) is 4.74 Å². The fourth-order valence-electron chi connectivity index (χ4n) is 1.08. The van der Waals surface area contributed by atoms with Gasteiger partial charge in [0.05, 0.1) is 12.1 Å². The first-order chi connectivity index (χ1) is 7.06. The summed E-state index contributed by atoms with van der Waals surface area (Å²) >= 11 is 6.04. The van der Waals surface area contributed by atoms with E-state index in [0.717, 1.165) is 11.1 Å². The van der Waals surface area contributed by atoms with Crippen LogP contribution in [0.15, 0.2) is 18.2 Å². The van der Waals surface area contributed by atoms with Gasteiger partial charge in [-0.05, 0) is 30.2 Å². The summed E-state index contributed by atoms with van der Waals surface area (Å²) in [6, 6.07) is 3.50. The van der Waals surface area contributed by atoms with Crippen LogP contribution in [0.4, 0.5) is 5.69 Å². The first kappa shape index (κ1) is 11.6. The topological polar surface area (TPSA) is 52.3 Å². The number of esters is 1. The van der Waals surface area contributed by atoms with E-state index in [-0.39, 0.29) is 0 Å². The summed E-state index contributed by atoms with van der Waals surface area (Å²) in [6.07, 6.45) is 2.91. The Morgan fingerprint density at radius 1 is 1.53 bits per heavy atom. The van der Waals surface area contributed by atoms with E-state index in [1.165, 1.54) is 13.2 Å². The molecule has 15 heavy (non-hydrogen) atoms. The Balaban J connectivity index is 3.02. The smallest absolute Gasteiger partial charge is 0.330 e. The van der Waals surface area contributed by atoms with E-state index < -0.39 is 5.97 Å². The van der Waals surface area contributed by atoms with Crippen molar-refractivity contribution in [2.45, 2.75) is 6.92 Å². The van der Waals surface area contributed by atoms with E-state index in [1.54, 1.807) is 18.2 Å². The molecule has 0 radical (unpaired) electrons. The zero-order valence-corrected chi connectivity index (χ0v) is 9.34. The van der Waals surface area contributed by atoms with Gasteiger partial charge in [-0.15, -0.1) is 0 Å². The van der Waals surface area contributed by atoms with Gasteiger partial charge in [-0.3, -0.25) is 0 Å². The summed E-state index contributed by atoms with van der Waals surface area (Å²) in [6.45, 7) is 1.83. The average Bonchev–Trinajstić information content (AvgIpc) is 2.24. The van der Waals surface area contributed by atoms with Crippen LogP contribution in [0, 0.1) is 6.92 Å². The van der Waals surface area contributed by atoms with Gasteiger partial charge in [-0.2, -0.15) is 0 Å². The number of nitrogens with two attached hydrogens (primary N) is 1. The van der Waals surface area contributed by atoms with Crippen molar-refractivity contribution < 1.29 is 9.53 Å². The minimum absolute atomic E-state index is 0.416. The predicted molar refractivity (Wildman–Crippen MR) is 61.7 cm³/mol. The van der Waals surface area contributed by atoms with Gasteiger partial charge < -0.3 is 10.5 Å². The highest BCUT2D eigenvalue weighted by molar-refractivity contribution is 6.33. The van der Waals surface area contributed by atoms with Crippen LogP contribution in [0.3, 0.4) is 0 Å². The van der Waals surface area contributed by atoms with Crippen LogP contribution < -0.4 is 5.73 Å². The molecule has 1 aromatic rings. The third-order valence-electron chi connectivity index (χ3n) is 2.06. The fraction of sp³-hybridized carbons (Fsp3) is 0.182. The minimum Gasteiger partial charge on any atom is -0.466 e. The van der Waals surface area contributed by atoms with Gasteiger partial charge in [-0.1, -0.05) is 17.7 Å². The molecule has 1 aromatic carbocycles. The van der Waals surface area contributed by atoms with Gasteiger partial charge in [0.15, 0.2) is 0 Å². The van der Waals surface area contributed by atoms with Crippen LogP contribution in [0.2, 0.25) is 5.02 Å². The third-order valence-corrected chi connectivity index (χ3v) is 2.56. The van der Waals surface area contributed by atoms with Crippen molar-refractivity contribution >= 4 is 29.3 Å². The molecular weight excluding hydrogens is 214 g/mol. The van der Waals surface area contributed by atoms with Crippen molar-refractivity contribution in [3.05, 3.63) is 34.4 Å². The maximum Gasteiger partial charge on any atom is 0.330 e. The number of benzene rings is 1. The number of rotatable bonds is 2. The lowest BCUT2D eigenvalue weighted by Crippen LogP contribution is -1.94. The number of anilines is 1. The SMILES string of the molecule is COC(=O)C=Cc1ccc(N)c(C)c1Cl. The van der Waals surface area contributed by atoms with E-state index in [1.807, 2.05) is 6.92 Å². The molecule has 0 amide bonds. The van der Waals surface area contributed by atoms with Gasteiger partial charge in [-0.25, -0.2) is 4.79 Å². The van der Waals surface area contributed by atoms with E-state index in [4.69, 9.17) is 17.3 Å². The summed E-state index contributed by atoms with van der Waals surface area (Å²) in [7, 11) is 1.32. The lowest BCUT2D eigenvalue weighted by molar-refractivity contribution is -0.134. The predicted octanol–water partition coefficient (Wildman–Crippen LogP) is 2.42. The highest BCUT2D eigenvalue weighted by Crippen LogP contribution is 2.26. The molecule has 0 bridgehead atoms. The van der Waals surface area contributed by atoms with Gasteiger partial charge in [0, 0.05) is 11.8 Å². The zero-order valence-electron chi connectivity index (χ0n) is 8.58. The molecule has 2 N–H and O–H groups in total. The normalized spacial score (nSPS) is 10.6.